The van der Waals surface area contributed by atoms with Crippen LogP contribution in [-0.4, -0.2) is 27.3 Å². The number of phenolic OH excluding ortho intramolecular Hbond substituents is 1. The first kappa shape index (κ1) is 13.6. The zero-order valence-corrected chi connectivity index (χ0v) is 12.0. The number of benzene rings is 1. The fraction of sp³-hybridized carbons (Fsp3) is 0.231. The van der Waals surface area contributed by atoms with E-state index in [9.17, 15) is 9.90 Å². The monoisotopic (exact) mass is 323 g/mol. The zero-order valence-electron chi connectivity index (χ0n) is 10.4. The Morgan fingerprint density at radius 2 is 2.26 bits per heavy atom. The minimum absolute atomic E-state index is 0.0549. The van der Waals surface area contributed by atoms with Crippen LogP contribution in [0.5, 0.6) is 5.75 Å². The van der Waals surface area contributed by atoms with E-state index < -0.39 is 0 Å². The van der Waals surface area contributed by atoms with Gasteiger partial charge in [-0.3, -0.25) is 9.48 Å². The summed E-state index contributed by atoms with van der Waals surface area (Å²) in [7, 11) is 1.86. The van der Waals surface area contributed by atoms with Crippen molar-refractivity contribution in [3.8, 4) is 5.75 Å². The van der Waals surface area contributed by atoms with Crippen LogP contribution < -0.4 is 5.32 Å². The van der Waals surface area contributed by atoms with Gasteiger partial charge in [-0.1, -0.05) is 0 Å². The summed E-state index contributed by atoms with van der Waals surface area (Å²) in [6, 6.07) is 6.65. The zero-order chi connectivity index (χ0) is 13.8. The quantitative estimate of drug-likeness (QED) is 0.902. The van der Waals surface area contributed by atoms with Crippen LogP contribution in [0.2, 0.25) is 0 Å². The number of nitrogens with one attached hydrogen (secondary N) is 1. The average molecular weight is 324 g/mol. The van der Waals surface area contributed by atoms with Gasteiger partial charge in [-0.15, -0.1) is 0 Å². The van der Waals surface area contributed by atoms with Crippen molar-refractivity contribution in [1.29, 1.82) is 0 Å². The average Bonchev–Trinajstić information content (AvgIpc) is 2.78. The molecule has 0 radical (unpaired) electrons. The van der Waals surface area contributed by atoms with Crippen molar-refractivity contribution in [2.75, 3.05) is 6.54 Å². The molecule has 0 saturated heterocycles. The van der Waals surface area contributed by atoms with E-state index in [-0.39, 0.29) is 11.7 Å². The Balaban J connectivity index is 1.91. The van der Waals surface area contributed by atoms with Gasteiger partial charge in [0.05, 0.1) is 4.47 Å². The lowest BCUT2D eigenvalue weighted by Gasteiger charge is -2.06. The Hall–Kier alpha value is -1.82. The highest BCUT2D eigenvalue weighted by Crippen LogP contribution is 2.24. The molecule has 0 unspecified atom stereocenters. The summed E-state index contributed by atoms with van der Waals surface area (Å²) in [6.45, 7) is 0.523. The van der Waals surface area contributed by atoms with Crippen LogP contribution in [0.15, 0.2) is 34.9 Å². The number of nitrogens with zero attached hydrogens (tertiary/aromatic N) is 2. The van der Waals surface area contributed by atoms with E-state index in [2.05, 4.69) is 26.3 Å². The molecule has 0 aliphatic rings. The molecule has 0 saturated carbocycles. The topological polar surface area (TPSA) is 67.2 Å². The van der Waals surface area contributed by atoms with Crippen LogP contribution in [0.1, 0.15) is 16.1 Å². The van der Waals surface area contributed by atoms with E-state index in [0.29, 0.717) is 23.0 Å². The van der Waals surface area contributed by atoms with Crippen LogP contribution in [-0.2, 0) is 13.5 Å². The molecule has 0 bridgehead atoms. The molecular formula is C13H14BrN3O2. The van der Waals surface area contributed by atoms with Gasteiger partial charge in [0.2, 0.25) is 0 Å². The highest BCUT2D eigenvalue weighted by Gasteiger charge is 2.08. The van der Waals surface area contributed by atoms with Crippen molar-refractivity contribution in [2.45, 2.75) is 6.42 Å². The van der Waals surface area contributed by atoms with Gasteiger partial charge in [0.25, 0.3) is 5.91 Å². The van der Waals surface area contributed by atoms with Gasteiger partial charge >= 0.3 is 0 Å². The number of aromatic nitrogens is 2. The predicted octanol–water partition coefficient (Wildman–Crippen LogP) is 1.86. The van der Waals surface area contributed by atoms with E-state index >= 15 is 0 Å². The predicted molar refractivity (Wildman–Crippen MR) is 75.1 cm³/mol. The summed E-state index contributed by atoms with van der Waals surface area (Å²) in [5.41, 5.74) is 1.49. The second kappa shape index (κ2) is 5.88. The number of amides is 1. The largest absolute Gasteiger partial charge is 0.507 e. The van der Waals surface area contributed by atoms with Crippen LogP contribution >= 0.6 is 15.9 Å². The molecular weight excluding hydrogens is 310 g/mol. The third kappa shape index (κ3) is 3.35. The lowest BCUT2D eigenvalue weighted by atomic mass is 10.2. The molecule has 2 aromatic rings. The van der Waals surface area contributed by atoms with Gasteiger partial charge in [-0.2, -0.15) is 5.10 Å². The van der Waals surface area contributed by atoms with Gasteiger partial charge < -0.3 is 10.4 Å². The Kier molecular flexibility index (Phi) is 4.21. The molecule has 2 rings (SSSR count). The van der Waals surface area contributed by atoms with Gasteiger partial charge in [0.1, 0.15) is 5.75 Å². The van der Waals surface area contributed by atoms with Crippen molar-refractivity contribution >= 4 is 21.8 Å². The molecule has 1 amide bonds. The molecule has 19 heavy (non-hydrogen) atoms. The molecule has 6 heteroatoms. The number of aromatic hydroxyl groups is 1. The lowest BCUT2D eigenvalue weighted by molar-refractivity contribution is 0.0953. The van der Waals surface area contributed by atoms with Crippen LogP contribution in [0.25, 0.3) is 0 Å². The minimum atomic E-state index is -0.204. The Morgan fingerprint density at radius 1 is 1.47 bits per heavy atom. The Bertz CT molecular complexity index is 595. The maximum Gasteiger partial charge on any atom is 0.251 e. The second-order valence-electron chi connectivity index (χ2n) is 4.12. The molecule has 0 aliphatic carbocycles. The molecule has 1 aromatic heterocycles. The normalized spacial score (nSPS) is 10.4. The summed E-state index contributed by atoms with van der Waals surface area (Å²) in [5, 5.41) is 16.4. The van der Waals surface area contributed by atoms with E-state index in [1.807, 2.05) is 13.1 Å². The van der Waals surface area contributed by atoms with E-state index in [1.54, 1.807) is 23.0 Å². The Labute approximate surface area is 119 Å². The fourth-order valence-corrected chi connectivity index (χ4v) is 1.95. The first-order valence-corrected chi connectivity index (χ1v) is 6.61. The number of rotatable bonds is 4. The fourth-order valence-electron chi connectivity index (χ4n) is 1.71. The smallest absolute Gasteiger partial charge is 0.251 e. The standard InChI is InChI=1S/C13H14BrN3O2/c1-17-10(5-7-16-17)4-6-15-13(19)9-2-3-11(14)12(18)8-9/h2-3,5,7-8,18H,4,6H2,1H3,(H,15,19). The van der Waals surface area contributed by atoms with Gasteiger partial charge in [0.15, 0.2) is 0 Å². The lowest BCUT2D eigenvalue weighted by Crippen LogP contribution is -2.26. The number of carbonyl (C=O) groups is 1. The SMILES string of the molecule is Cn1nccc1CCNC(=O)c1ccc(Br)c(O)c1. The van der Waals surface area contributed by atoms with Gasteiger partial charge in [0, 0.05) is 37.5 Å². The third-order valence-electron chi connectivity index (χ3n) is 2.80. The highest BCUT2D eigenvalue weighted by atomic mass is 79.9. The molecule has 1 heterocycles. The second-order valence-corrected chi connectivity index (χ2v) is 4.97. The van der Waals surface area contributed by atoms with Crippen molar-refractivity contribution < 1.29 is 9.90 Å². The number of carbonyl (C=O) groups excluding carboxylic acids is 1. The van der Waals surface area contributed by atoms with Gasteiger partial charge in [-0.05, 0) is 40.2 Å². The molecule has 1 aromatic carbocycles. The minimum Gasteiger partial charge on any atom is -0.507 e. The molecule has 5 nitrogen and oxygen atoms in total. The highest BCUT2D eigenvalue weighted by molar-refractivity contribution is 9.10. The maximum atomic E-state index is 11.9. The summed E-state index contributed by atoms with van der Waals surface area (Å²) in [5.74, 6) is -0.149. The maximum absolute atomic E-state index is 11.9. The van der Waals surface area contributed by atoms with Crippen molar-refractivity contribution in [2.24, 2.45) is 7.05 Å². The summed E-state index contributed by atoms with van der Waals surface area (Å²) in [6.07, 6.45) is 2.44. The van der Waals surface area contributed by atoms with E-state index in [1.165, 1.54) is 6.07 Å². The number of hydrogen-bond donors (Lipinski definition) is 2. The van der Waals surface area contributed by atoms with Crippen LogP contribution in [0, 0.1) is 0 Å². The first-order valence-electron chi connectivity index (χ1n) is 5.81. The molecule has 0 atom stereocenters. The number of hydrogen-bond acceptors (Lipinski definition) is 3. The van der Waals surface area contributed by atoms with E-state index in [0.717, 1.165) is 5.69 Å². The van der Waals surface area contributed by atoms with Crippen molar-refractivity contribution in [3.63, 3.8) is 0 Å². The summed E-state index contributed by atoms with van der Waals surface area (Å²) in [4.78, 5) is 11.9. The number of aryl methyl sites for hydroxylation is 1. The summed E-state index contributed by atoms with van der Waals surface area (Å²) >= 11 is 3.17. The summed E-state index contributed by atoms with van der Waals surface area (Å²) < 4.78 is 2.34. The van der Waals surface area contributed by atoms with E-state index in [4.69, 9.17) is 0 Å². The van der Waals surface area contributed by atoms with Crippen LogP contribution in [0.4, 0.5) is 0 Å². The van der Waals surface area contributed by atoms with Gasteiger partial charge in [-0.25, -0.2) is 0 Å². The van der Waals surface area contributed by atoms with Crippen molar-refractivity contribution in [3.05, 3.63) is 46.2 Å². The first-order chi connectivity index (χ1) is 9.08. The van der Waals surface area contributed by atoms with Crippen LogP contribution in [0.3, 0.4) is 0 Å². The van der Waals surface area contributed by atoms with Crippen molar-refractivity contribution in [1.82, 2.24) is 15.1 Å². The molecule has 2 N–H and O–H groups in total. The molecule has 0 aliphatic heterocycles. The number of halogens is 1. The molecule has 0 fully saturated rings. The number of phenols is 1. The molecule has 100 valence electrons. The Morgan fingerprint density at radius 3 is 2.89 bits per heavy atom. The molecule has 0 spiro atoms. The third-order valence-corrected chi connectivity index (χ3v) is 3.47.